The standard InChI is InChI=1S/C16H18N2O2/c1-2-18(11-9-13-6-4-3-5-7-13)16(20)14-12-17-10-8-15(14)19/h3-8,10,12H,2,9,11H2,1H3,(H,17,19). The molecule has 0 bridgehead atoms. The summed E-state index contributed by atoms with van der Waals surface area (Å²) in [6, 6.07) is 11.4. The first-order chi connectivity index (χ1) is 9.72. The van der Waals surface area contributed by atoms with Gasteiger partial charge in [-0.3, -0.25) is 9.59 Å². The van der Waals surface area contributed by atoms with Crippen LogP contribution in [0.15, 0.2) is 53.6 Å². The topological polar surface area (TPSA) is 53.2 Å². The highest BCUT2D eigenvalue weighted by Crippen LogP contribution is 2.04. The van der Waals surface area contributed by atoms with E-state index in [0.717, 1.165) is 6.42 Å². The number of hydrogen-bond acceptors (Lipinski definition) is 2. The number of carbonyl (C=O) groups excluding carboxylic acids is 1. The quantitative estimate of drug-likeness (QED) is 0.904. The normalized spacial score (nSPS) is 10.2. The van der Waals surface area contributed by atoms with Crippen LogP contribution in [0.25, 0.3) is 0 Å². The van der Waals surface area contributed by atoms with E-state index in [-0.39, 0.29) is 16.9 Å². The molecule has 0 saturated heterocycles. The van der Waals surface area contributed by atoms with Crippen LogP contribution in [0.2, 0.25) is 0 Å². The van der Waals surface area contributed by atoms with Crippen LogP contribution >= 0.6 is 0 Å². The molecule has 20 heavy (non-hydrogen) atoms. The zero-order valence-electron chi connectivity index (χ0n) is 11.5. The summed E-state index contributed by atoms with van der Waals surface area (Å²) in [5.74, 6) is -0.217. The molecule has 1 heterocycles. The summed E-state index contributed by atoms with van der Waals surface area (Å²) in [6.07, 6.45) is 3.78. The number of H-pyrrole nitrogens is 1. The average molecular weight is 270 g/mol. The number of likely N-dealkylation sites (N-methyl/N-ethyl adjacent to an activating group) is 1. The number of hydrogen-bond donors (Lipinski definition) is 1. The Balaban J connectivity index is 2.07. The zero-order chi connectivity index (χ0) is 14.4. The summed E-state index contributed by atoms with van der Waals surface area (Å²) >= 11 is 0. The molecule has 0 aliphatic carbocycles. The molecule has 0 radical (unpaired) electrons. The van der Waals surface area contributed by atoms with E-state index in [2.05, 4.69) is 4.98 Å². The van der Waals surface area contributed by atoms with Crippen LogP contribution in [-0.2, 0) is 6.42 Å². The lowest BCUT2D eigenvalue weighted by Crippen LogP contribution is -2.35. The van der Waals surface area contributed by atoms with Crippen LogP contribution in [0.3, 0.4) is 0 Å². The second kappa shape index (κ2) is 6.70. The number of aromatic amines is 1. The Bertz CT molecular complexity index is 620. The van der Waals surface area contributed by atoms with Crippen molar-refractivity contribution in [3.8, 4) is 0 Å². The number of rotatable bonds is 5. The second-order valence-corrected chi connectivity index (χ2v) is 4.54. The van der Waals surface area contributed by atoms with Crippen LogP contribution in [0.1, 0.15) is 22.8 Å². The van der Waals surface area contributed by atoms with Crippen molar-refractivity contribution < 1.29 is 4.79 Å². The van der Waals surface area contributed by atoms with Gasteiger partial charge in [0.1, 0.15) is 5.56 Å². The van der Waals surface area contributed by atoms with Crippen LogP contribution in [0, 0.1) is 0 Å². The maximum absolute atomic E-state index is 12.3. The molecule has 1 N–H and O–H groups in total. The molecule has 0 unspecified atom stereocenters. The fourth-order valence-corrected chi connectivity index (χ4v) is 2.07. The zero-order valence-corrected chi connectivity index (χ0v) is 11.5. The summed E-state index contributed by atoms with van der Waals surface area (Å²) in [5, 5.41) is 0. The van der Waals surface area contributed by atoms with Crippen molar-refractivity contribution in [2.24, 2.45) is 0 Å². The van der Waals surface area contributed by atoms with Crippen LogP contribution < -0.4 is 5.43 Å². The molecule has 4 nitrogen and oxygen atoms in total. The summed E-state index contributed by atoms with van der Waals surface area (Å²) in [4.78, 5) is 28.5. The minimum Gasteiger partial charge on any atom is -0.367 e. The van der Waals surface area contributed by atoms with Gasteiger partial charge in [0.2, 0.25) is 0 Å². The van der Waals surface area contributed by atoms with Gasteiger partial charge in [0, 0.05) is 31.5 Å². The second-order valence-electron chi connectivity index (χ2n) is 4.54. The van der Waals surface area contributed by atoms with Crippen molar-refractivity contribution in [2.45, 2.75) is 13.3 Å². The predicted octanol–water partition coefficient (Wildman–Crippen LogP) is 2.08. The molecule has 0 fully saturated rings. The Morgan fingerprint density at radius 3 is 2.60 bits per heavy atom. The van der Waals surface area contributed by atoms with Gasteiger partial charge in [0.15, 0.2) is 5.43 Å². The molecule has 1 amide bonds. The van der Waals surface area contributed by atoms with Crippen molar-refractivity contribution in [3.05, 3.63) is 70.1 Å². The molecule has 104 valence electrons. The molecule has 0 saturated carbocycles. The van der Waals surface area contributed by atoms with E-state index in [0.29, 0.717) is 13.1 Å². The van der Waals surface area contributed by atoms with Gasteiger partial charge in [-0.05, 0) is 18.9 Å². The van der Waals surface area contributed by atoms with Crippen LogP contribution in [0.4, 0.5) is 0 Å². The third-order valence-electron chi connectivity index (χ3n) is 3.24. The van der Waals surface area contributed by atoms with Gasteiger partial charge in [0.25, 0.3) is 5.91 Å². The van der Waals surface area contributed by atoms with E-state index in [4.69, 9.17) is 0 Å². The first kappa shape index (κ1) is 14.1. The van der Waals surface area contributed by atoms with Gasteiger partial charge in [-0.2, -0.15) is 0 Å². The van der Waals surface area contributed by atoms with Gasteiger partial charge < -0.3 is 9.88 Å². The molecule has 0 aliphatic rings. The molecule has 1 aromatic heterocycles. The van der Waals surface area contributed by atoms with Crippen molar-refractivity contribution >= 4 is 5.91 Å². The van der Waals surface area contributed by atoms with E-state index in [9.17, 15) is 9.59 Å². The Hall–Kier alpha value is -2.36. The highest BCUT2D eigenvalue weighted by atomic mass is 16.2. The first-order valence-corrected chi connectivity index (χ1v) is 6.72. The number of amides is 1. The fraction of sp³-hybridized carbons (Fsp3) is 0.250. The smallest absolute Gasteiger partial charge is 0.259 e. The Labute approximate surface area is 118 Å². The Morgan fingerprint density at radius 2 is 1.95 bits per heavy atom. The van der Waals surface area contributed by atoms with Crippen molar-refractivity contribution in [1.29, 1.82) is 0 Å². The summed E-state index contributed by atoms with van der Waals surface area (Å²) in [5.41, 5.74) is 1.13. The first-order valence-electron chi connectivity index (χ1n) is 6.72. The average Bonchev–Trinajstić information content (AvgIpc) is 2.49. The van der Waals surface area contributed by atoms with E-state index >= 15 is 0 Å². The van der Waals surface area contributed by atoms with Crippen molar-refractivity contribution in [1.82, 2.24) is 9.88 Å². The van der Waals surface area contributed by atoms with E-state index < -0.39 is 0 Å². The highest BCUT2D eigenvalue weighted by Gasteiger charge is 2.16. The van der Waals surface area contributed by atoms with Gasteiger partial charge in [0.05, 0.1) is 0 Å². The maximum atomic E-state index is 12.3. The lowest BCUT2D eigenvalue weighted by atomic mass is 10.1. The number of benzene rings is 1. The lowest BCUT2D eigenvalue weighted by Gasteiger charge is -2.20. The van der Waals surface area contributed by atoms with Crippen molar-refractivity contribution in [2.75, 3.05) is 13.1 Å². The van der Waals surface area contributed by atoms with Gasteiger partial charge in [-0.25, -0.2) is 0 Å². The number of pyridine rings is 1. The van der Waals surface area contributed by atoms with Crippen LogP contribution in [0.5, 0.6) is 0 Å². The molecular formula is C16H18N2O2. The number of carbonyl (C=O) groups is 1. The minimum atomic E-state index is -0.244. The highest BCUT2D eigenvalue weighted by molar-refractivity contribution is 5.93. The fourth-order valence-electron chi connectivity index (χ4n) is 2.07. The molecule has 2 aromatic rings. The summed E-state index contributed by atoms with van der Waals surface area (Å²) in [7, 11) is 0. The maximum Gasteiger partial charge on any atom is 0.259 e. The summed E-state index contributed by atoms with van der Waals surface area (Å²) < 4.78 is 0. The van der Waals surface area contributed by atoms with Gasteiger partial charge >= 0.3 is 0 Å². The van der Waals surface area contributed by atoms with Crippen molar-refractivity contribution in [3.63, 3.8) is 0 Å². The van der Waals surface area contributed by atoms with E-state index in [1.165, 1.54) is 24.0 Å². The molecule has 0 spiro atoms. The minimum absolute atomic E-state index is 0.197. The molecular weight excluding hydrogens is 252 g/mol. The third-order valence-corrected chi connectivity index (χ3v) is 3.24. The SMILES string of the molecule is CCN(CCc1ccccc1)C(=O)c1c[nH]ccc1=O. The van der Waals surface area contributed by atoms with E-state index in [1.807, 2.05) is 37.3 Å². The number of nitrogens with zero attached hydrogens (tertiary/aromatic N) is 1. The predicted molar refractivity (Wildman–Crippen MR) is 78.8 cm³/mol. The van der Waals surface area contributed by atoms with Gasteiger partial charge in [-0.15, -0.1) is 0 Å². The monoisotopic (exact) mass is 270 g/mol. The number of nitrogens with one attached hydrogen (secondary N) is 1. The Morgan fingerprint density at radius 1 is 1.20 bits per heavy atom. The van der Waals surface area contributed by atoms with Crippen LogP contribution in [-0.4, -0.2) is 28.9 Å². The van der Waals surface area contributed by atoms with Gasteiger partial charge in [-0.1, -0.05) is 30.3 Å². The third kappa shape index (κ3) is 3.35. The summed E-state index contributed by atoms with van der Waals surface area (Å²) in [6.45, 7) is 3.10. The Kier molecular flexibility index (Phi) is 4.71. The molecule has 0 aliphatic heterocycles. The van der Waals surface area contributed by atoms with E-state index in [1.54, 1.807) is 4.90 Å². The number of aromatic nitrogens is 1. The molecule has 0 atom stereocenters. The molecule has 2 rings (SSSR count). The largest absolute Gasteiger partial charge is 0.367 e. The molecule has 4 heteroatoms. The molecule has 1 aromatic carbocycles. The lowest BCUT2D eigenvalue weighted by molar-refractivity contribution is 0.0764.